The molecule has 5 saturated heterocycles. The molecule has 84 heavy (non-hydrogen) atoms. The molecule has 23 atom stereocenters. The van der Waals surface area contributed by atoms with Crippen LogP contribution in [0.5, 0.6) is 0 Å². The quantitative estimate of drug-likeness (QED) is 0.0605. The van der Waals surface area contributed by atoms with E-state index in [0.717, 1.165) is 0 Å². The van der Waals surface area contributed by atoms with Gasteiger partial charge in [0.05, 0.1) is 79.0 Å². The fourth-order valence-corrected chi connectivity index (χ4v) is 13.8. The van der Waals surface area contributed by atoms with Gasteiger partial charge in [-0.15, -0.1) is 0 Å². The van der Waals surface area contributed by atoms with Gasteiger partial charge in [-0.05, 0) is 57.6 Å². The molecule has 7 rings (SSSR count). The summed E-state index contributed by atoms with van der Waals surface area (Å²) < 4.78 is 63.5. The lowest BCUT2D eigenvalue weighted by molar-refractivity contribution is -0.349. The van der Waals surface area contributed by atoms with E-state index in [4.69, 9.17) is 59.0 Å². The van der Waals surface area contributed by atoms with Gasteiger partial charge in [0.1, 0.15) is 36.3 Å². The number of halogens is 1. The number of carbonyl (C=O) groups is 4. The summed E-state index contributed by atoms with van der Waals surface area (Å²) >= 11 is 5.89. The van der Waals surface area contributed by atoms with Crippen molar-refractivity contribution in [2.45, 2.75) is 266 Å². The number of esters is 3. The lowest BCUT2D eigenvalue weighted by Gasteiger charge is -2.52. The van der Waals surface area contributed by atoms with Gasteiger partial charge in [-0.2, -0.15) is 0 Å². The van der Waals surface area contributed by atoms with Crippen molar-refractivity contribution >= 4 is 35.3 Å². The van der Waals surface area contributed by atoms with Crippen LogP contribution < -0.4 is 0 Å². The minimum atomic E-state index is -2.31. The van der Waals surface area contributed by atoms with Gasteiger partial charge in [-0.1, -0.05) is 94.5 Å². The van der Waals surface area contributed by atoms with E-state index in [0.29, 0.717) is 49.7 Å². The van der Waals surface area contributed by atoms with Crippen LogP contribution in [0.25, 0.3) is 0 Å². The number of aliphatic hydroxyl groups excluding tert-OH is 4. The Kier molecular flexibility index (Phi) is 23.1. The molecule has 5 fully saturated rings. The number of allylic oxidation sites excluding steroid dienone is 3. The van der Waals surface area contributed by atoms with Gasteiger partial charge in [0.25, 0.3) is 0 Å². The molecule has 0 amide bonds. The van der Waals surface area contributed by atoms with E-state index < -0.39 is 151 Å². The van der Waals surface area contributed by atoms with Crippen molar-refractivity contribution in [2.75, 3.05) is 7.11 Å². The summed E-state index contributed by atoms with van der Waals surface area (Å²) in [6, 6.07) is 0. The van der Waals surface area contributed by atoms with Crippen molar-refractivity contribution in [2.24, 2.45) is 23.7 Å². The number of ketones is 1. The van der Waals surface area contributed by atoms with Crippen LogP contribution in [0.1, 0.15) is 151 Å². The highest BCUT2D eigenvalue weighted by Crippen LogP contribution is 2.48. The third-order valence-electron chi connectivity index (χ3n) is 17.8. The lowest BCUT2D eigenvalue weighted by Crippen LogP contribution is -2.63. The summed E-state index contributed by atoms with van der Waals surface area (Å²) in [7, 11) is 1.58. The SMILES string of the molecule is C=C(Cl)/C=C/[C@@H](O)CC(=C)C[C@H]1O[C@@H]2[C@H](C)[C@@H](OC(=O)C[C@H]3C[C@H](OC(C)=O)C[C@@]4(C[C@@](C)(O)C[C@H](CC(=C)[C@@H](C)[C@H](OC(C)=O)[C@H](C)C(=O)C[C@@H]5C[C@H](OC)C[C@@]6(C[C@@H](O)C[C@H](C=CCCC[C@H]7O[C@](O)(C=C[C@H]7C)[C@H]2O)O6)O5)O4)O3)[C@@H]1O. The molecule has 7 aliphatic heterocycles. The standard InChI is InChI=1S/C63H93ClO20/c1-34(21-43(67)18-17-37(4)64)22-53-55(71)57-40(7)58(78-53)59(72)63(74)20-19-35(2)52(84-63)16-14-12-13-15-45-24-44(68)29-61(80-45)31-48(75-11)25-46(81-61)27-51(69)39(6)56(77-42(9)66)38(5)36(3)23-50-30-60(10,73)33-62(83-50)32-49(76-41(8)65)26-47(82-62)28-54(70)79-57/h13,15,17-20,35,38-40,43-50,52-53,55-59,67-68,71-74H,1,3-4,12,14,16,21-33H2,2,5-11H3/b15-13?,18-17+/t35-,38-,39-,40-,43-,44+,45+,46+,47-,48+,49+,50+,52-,53-,55-,56+,57-,58-,59+,60+,61-,62-,63-/m1/s1. The molecule has 0 aromatic rings. The number of rotatable bonds is 9. The van der Waals surface area contributed by atoms with Gasteiger partial charge in [-0.25, -0.2) is 0 Å². The predicted octanol–water partition coefficient (Wildman–Crippen LogP) is 6.72. The van der Waals surface area contributed by atoms with Crippen molar-refractivity contribution in [3.05, 3.63) is 72.4 Å². The van der Waals surface area contributed by atoms with Crippen LogP contribution >= 0.6 is 11.6 Å². The van der Waals surface area contributed by atoms with E-state index in [1.54, 1.807) is 40.9 Å². The minimum absolute atomic E-state index is 0.0186. The molecule has 472 valence electrons. The van der Waals surface area contributed by atoms with E-state index in [1.165, 1.54) is 32.1 Å². The van der Waals surface area contributed by atoms with E-state index in [2.05, 4.69) is 19.7 Å². The first-order valence-electron chi connectivity index (χ1n) is 29.9. The highest BCUT2D eigenvalue weighted by molar-refractivity contribution is 6.30. The van der Waals surface area contributed by atoms with Crippen molar-refractivity contribution in [3.63, 3.8) is 0 Å². The molecule has 0 aromatic carbocycles. The number of fused-ring (bicyclic) bond motifs is 8. The second kappa shape index (κ2) is 28.6. The topological polar surface area (TPSA) is 282 Å². The summed E-state index contributed by atoms with van der Waals surface area (Å²) in [4.78, 5) is 54.3. The van der Waals surface area contributed by atoms with Gasteiger partial charge < -0.3 is 78.0 Å². The van der Waals surface area contributed by atoms with Crippen molar-refractivity contribution in [3.8, 4) is 0 Å². The molecule has 7 aliphatic rings. The maximum atomic E-state index is 14.4. The maximum absolute atomic E-state index is 14.4. The van der Waals surface area contributed by atoms with Gasteiger partial charge in [-0.3, -0.25) is 19.2 Å². The van der Waals surface area contributed by atoms with Crippen LogP contribution in [0.3, 0.4) is 0 Å². The summed E-state index contributed by atoms with van der Waals surface area (Å²) in [5.74, 6) is -10.1. The third kappa shape index (κ3) is 17.8. The number of aliphatic hydroxyl groups is 6. The zero-order valence-corrected chi connectivity index (χ0v) is 50.9. The van der Waals surface area contributed by atoms with Crippen LogP contribution in [-0.4, -0.2) is 176 Å². The van der Waals surface area contributed by atoms with Crippen molar-refractivity contribution in [1.82, 2.24) is 0 Å². The zero-order valence-electron chi connectivity index (χ0n) is 50.1. The molecule has 0 aliphatic carbocycles. The maximum Gasteiger partial charge on any atom is 0.308 e. The molecule has 0 unspecified atom stereocenters. The van der Waals surface area contributed by atoms with E-state index in [-0.39, 0.29) is 80.6 Å². The molecule has 10 bridgehead atoms. The number of hydrogen-bond acceptors (Lipinski definition) is 20. The molecule has 21 heteroatoms. The summed E-state index contributed by atoms with van der Waals surface area (Å²) in [5, 5.41) is 70.9. The second-order valence-electron chi connectivity index (χ2n) is 25.4. The Morgan fingerprint density at radius 1 is 0.833 bits per heavy atom. The molecule has 0 aromatic heterocycles. The monoisotopic (exact) mass is 1200 g/mol. The van der Waals surface area contributed by atoms with Crippen LogP contribution in [0.15, 0.2) is 72.4 Å². The first kappa shape index (κ1) is 67.8. The highest BCUT2D eigenvalue weighted by atomic mass is 35.5. The van der Waals surface area contributed by atoms with E-state index >= 15 is 0 Å². The van der Waals surface area contributed by atoms with Crippen LogP contribution in [0, 0.1) is 23.7 Å². The summed E-state index contributed by atoms with van der Waals surface area (Å²) in [5.41, 5.74) is -0.458. The van der Waals surface area contributed by atoms with Crippen molar-refractivity contribution < 1.29 is 97.2 Å². The van der Waals surface area contributed by atoms with Gasteiger partial charge in [0.15, 0.2) is 11.6 Å². The molecular formula is C63H93ClO20. The number of hydrogen-bond donors (Lipinski definition) is 6. The van der Waals surface area contributed by atoms with E-state index in [1.807, 2.05) is 19.1 Å². The normalized spacial score (nSPS) is 43.4. The molecule has 7 heterocycles. The van der Waals surface area contributed by atoms with Crippen molar-refractivity contribution in [1.29, 1.82) is 0 Å². The fourth-order valence-electron chi connectivity index (χ4n) is 13.7. The first-order valence-corrected chi connectivity index (χ1v) is 30.3. The average Bonchev–Trinajstić information content (AvgIpc) is 1.06. The Morgan fingerprint density at radius 3 is 2.19 bits per heavy atom. The summed E-state index contributed by atoms with van der Waals surface area (Å²) in [6.45, 7) is 23.3. The molecule has 0 saturated carbocycles. The lowest BCUT2D eigenvalue weighted by atomic mass is 9.78. The Bertz CT molecular complexity index is 2440. The number of methoxy groups -OCH3 is 1. The number of ether oxygens (including phenoxy) is 10. The first-order chi connectivity index (χ1) is 39.4. The number of Topliss-reactive ketones (excluding diaryl/α,β-unsaturated/α-hetero) is 1. The smallest absolute Gasteiger partial charge is 0.308 e. The molecule has 2 spiro atoms. The van der Waals surface area contributed by atoms with Crippen LogP contribution in [0.2, 0.25) is 0 Å². The van der Waals surface area contributed by atoms with Gasteiger partial charge in [0, 0.05) is 102 Å². The molecular weight excluding hydrogens is 1110 g/mol. The Hall–Kier alpha value is -3.71. The highest BCUT2D eigenvalue weighted by Gasteiger charge is 2.57. The van der Waals surface area contributed by atoms with E-state index in [9.17, 15) is 49.8 Å². The summed E-state index contributed by atoms with van der Waals surface area (Å²) in [6.07, 6.45) is -2.73. The molecule has 6 N–H and O–H groups in total. The largest absolute Gasteiger partial charge is 0.462 e. The van der Waals surface area contributed by atoms with Crippen LogP contribution in [0.4, 0.5) is 0 Å². The van der Waals surface area contributed by atoms with Crippen LogP contribution in [-0.2, 0) is 66.5 Å². The Morgan fingerprint density at radius 2 is 1.50 bits per heavy atom. The zero-order chi connectivity index (χ0) is 61.6. The second-order valence-corrected chi connectivity index (χ2v) is 25.9. The van der Waals surface area contributed by atoms with Gasteiger partial charge >= 0.3 is 17.9 Å². The molecule has 0 radical (unpaired) electrons. The number of carbonyl (C=O) groups excluding carboxylic acids is 4. The predicted molar refractivity (Wildman–Crippen MR) is 306 cm³/mol. The molecule has 20 nitrogen and oxygen atoms in total. The Labute approximate surface area is 499 Å². The minimum Gasteiger partial charge on any atom is -0.462 e. The fraction of sp³-hybridized carbons (Fsp3) is 0.746. The third-order valence-corrected chi connectivity index (χ3v) is 17.9. The average molecular weight is 1210 g/mol. The Balaban J connectivity index is 1.21. The van der Waals surface area contributed by atoms with Gasteiger partial charge in [0.2, 0.25) is 5.79 Å².